The molecule has 6 unspecified atom stereocenters. The van der Waals surface area contributed by atoms with Crippen molar-refractivity contribution in [2.24, 2.45) is 35.5 Å². The number of methoxy groups -OCH3 is 3. The van der Waals surface area contributed by atoms with Crippen LogP contribution in [-0.4, -0.2) is 141 Å². The molecule has 0 spiro atoms. The van der Waals surface area contributed by atoms with E-state index in [4.69, 9.17) is 37.9 Å². The van der Waals surface area contributed by atoms with Crippen molar-refractivity contribution < 1.29 is 56.3 Å². The van der Waals surface area contributed by atoms with Crippen LogP contribution in [0.15, 0.2) is 42.1 Å². The number of likely N-dealkylation sites (N-methyl/N-ethyl adjacent to an activating group) is 1. The predicted molar refractivity (Wildman–Crippen MR) is 234 cm³/mol. The summed E-state index contributed by atoms with van der Waals surface area (Å²) in [6.45, 7) is 7.88. The number of hydrogen-bond donors (Lipinski definition) is 0. The summed E-state index contributed by atoms with van der Waals surface area (Å²) >= 11 is 0. The van der Waals surface area contributed by atoms with Gasteiger partial charge in [0.1, 0.15) is 42.1 Å². The largest absolute Gasteiger partial charge is 0.462 e. The van der Waals surface area contributed by atoms with Crippen LogP contribution in [0.2, 0.25) is 0 Å². The van der Waals surface area contributed by atoms with Crippen molar-refractivity contribution in [2.45, 2.75) is 165 Å². The molecular weight excluding hydrogens is 843 g/mol. The number of aromatic nitrogens is 3. The van der Waals surface area contributed by atoms with Crippen LogP contribution in [0.4, 0.5) is 8.78 Å². The normalized spacial score (nSPS) is 41.5. The monoisotopic (exact) mass is 913 g/mol. The minimum atomic E-state index is -1.54. The number of Topliss-reactive ketones (excluding diaryl/α,β-unsaturated/α-hetero) is 1. The molecule has 4 heterocycles. The Morgan fingerprint density at radius 2 is 1.60 bits per heavy atom. The molecule has 19 atom stereocenters. The molecule has 3 aliphatic carbocycles. The number of carbonyl (C=O) groups excluding carboxylic acids is 2. The van der Waals surface area contributed by atoms with Crippen LogP contribution in [0.3, 0.4) is 0 Å². The third kappa shape index (κ3) is 9.75. The molecule has 1 aromatic carbocycles. The number of rotatable bonds is 11. The molecule has 0 radical (unpaired) electrons. The third-order valence-electron chi connectivity index (χ3n) is 15.8. The Kier molecular flexibility index (Phi) is 15.3. The predicted octanol–water partition coefficient (Wildman–Crippen LogP) is 6.91. The molecule has 8 rings (SSSR count). The Bertz CT molecular complexity index is 1970. The van der Waals surface area contributed by atoms with E-state index in [1.165, 1.54) is 12.1 Å². The number of halogens is 2. The highest BCUT2D eigenvalue weighted by molar-refractivity contribution is 5.99. The number of ketones is 1. The van der Waals surface area contributed by atoms with Crippen molar-refractivity contribution in [3.05, 3.63) is 47.9 Å². The van der Waals surface area contributed by atoms with Gasteiger partial charge in [-0.2, -0.15) is 0 Å². The molecule has 360 valence electrons. The molecule has 6 aliphatic rings. The smallest absolute Gasteiger partial charge is 0.306 e. The molecule has 5 fully saturated rings. The van der Waals surface area contributed by atoms with Gasteiger partial charge < -0.3 is 42.8 Å². The summed E-state index contributed by atoms with van der Waals surface area (Å²) in [5.74, 6) is -3.90. The lowest BCUT2D eigenvalue weighted by molar-refractivity contribution is -0.314. The second-order valence-corrected chi connectivity index (χ2v) is 19.6. The first-order valence-corrected chi connectivity index (χ1v) is 23.9. The van der Waals surface area contributed by atoms with Gasteiger partial charge in [0.15, 0.2) is 18.4 Å². The number of alkyl halides is 1. The van der Waals surface area contributed by atoms with Gasteiger partial charge in [0.2, 0.25) is 0 Å². The molecule has 2 saturated carbocycles. The third-order valence-corrected chi connectivity index (χ3v) is 15.8. The first-order chi connectivity index (χ1) is 31.2. The van der Waals surface area contributed by atoms with Crippen molar-refractivity contribution in [3.63, 3.8) is 0 Å². The number of hydrogen-bond acceptors (Lipinski definition) is 13. The molecule has 2 aromatic rings. The summed E-state index contributed by atoms with van der Waals surface area (Å²) in [6.07, 6.45) is 2.84. The SMILES string of the molecule is CC[C@H]1CCC[C@H](O[C@H]2CC[C@H](N(C)C)C(C)O2)[C@@H](C)C(=O)C2=C[C@H]3[C@@H]4C[C@H](O[C@@H]5OC(C)[C@H](OC)C(OC)C5OC)C[C@H]4C(n4cc(-c5ccc(F)cc5)nn4)C(F)[C@H]3[C@@H]2CC(=O)O1. The van der Waals surface area contributed by atoms with Crippen LogP contribution in [0.5, 0.6) is 0 Å². The van der Waals surface area contributed by atoms with Crippen LogP contribution in [0.25, 0.3) is 11.3 Å². The Morgan fingerprint density at radius 3 is 2.28 bits per heavy atom. The van der Waals surface area contributed by atoms with E-state index in [1.54, 1.807) is 44.3 Å². The first kappa shape index (κ1) is 48.2. The summed E-state index contributed by atoms with van der Waals surface area (Å²) in [5.41, 5.74) is 1.58. The van der Waals surface area contributed by atoms with E-state index in [2.05, 4.69) is 36.2 Å². The van der Waals surface area contributed by atoms with Crippen molar-refractivity contribution >= 4 is 11.8 Å². The zero-order valence-corrected chi connectivity index (χ0v) is 39.4. The standard InChI is InChI=1S/C49H70F2N4O10/c1-10-30-12-11-13-39(65-41-19-18-38(54(5)6)26(3)61-41)25(2)45(57)36-22-33-32-20-31(64-49-48(60-9)47(59-8)46(58-7)27(4)62-49)21-35(32)44(43(51)42(33)34(36)23-40(56)63-30)55-24-37(52-53-55)28-14-16-29(50)17-15-28/h14-17,22,24-27,30-35,38-39,41-44,46-49H,10-13,18-21,23H2,1-9H3/t25-,26?,27?,30+,31+,32+,33+,34-,35-,38+,39+,41+,42-,43?,44?,46+,47?,48?,49+/m1/s1. The minimum Gasteiger partial charge on any atom is -0.462 e. The van der Waals surface area contributed by atoms with Gasteiger partial charge in [-0.3, -0.25) is 9.59 Å². The fourth-order valence-electron chi connectivity index (χ4n) is 12.5. The summed E-state index contributed by atoms with van der Waals surface area (Å²) in [4.78, 5) is 31.3. The number of cyclic esters (lactones) is 1. The van der Waals surface area contributed by atoms with Gasteiger partial charge in [-0.05, 0) is 127 Å². The Hall–Kier alpha value is -3.22. The van der Waals surface area contributed by atoms with Crippen molar-refractivity contribution in [1.82, 2.24) is 19.9 Å². The van der Waals surface area contributed by atoms with E-state index in [0.29, 0.717) is 61.8 Å². The Labute approximate surface area is 382 Å². The van der Waals surface area contributed by atoms with Gasteiger partial charge in [-0.1, -0.05) is 25.1 Å². The van der Waals surface area contributed by atoms with Gasteiger partial charge in [-0.15, -0.1) is 5.10 Å². The van der Waals surface area contributed by atoms with Gasteiger partial charge in [-0.25, -0.2) is 13.5 Å². The van der Waals surface area contributed by atoms with Crippen LogP contribution in [-0.2, 0) is 47.5 Å². The molecule has 0 amide bonds. The highest BCUT2D eigenvalue weighted by Gasteiger charge is 2.61. The zero-order chi connectivity index (χ0) is 46.3. The molecule has 65 heavy (non-hydrogen) atoms. The van der Waals surface area contributed by atoms with E-state index >= 15 is 9.18 Å². The maximum atomic E-state index is 18.3. The number of esters is 1. The number of benzene rings is 1. The highest BCUT2D eigenvalue weighted by atomic mass is 19.1. The van der Waals surface area contributed by atoms with E-state index in [-0.39, 0.29) is 60.3 Å². The lowest BCUT2D eigenvalue weighted by Crippen LogP contribution is -2.59. The lowest BCUT2D eigenvalue weighted by atomic mass is 9.63. The lowest BCUT2D eigenvalue weighted by Gasteiger charge is -2.45. The van der Waals surface area contributed by atoms with Gasteiger partial charge in [0.05, 0.1) is 43.1 Å². The van der Waals surface area contributed by atoms with Crippen molar-refractivity contribution in [1.29, 1.82) is 0 Å². The van der Waals surface area contributed by atoms with E-state index in [1.807, 2.05) is 26.8 Å². The second kappa shape index (κ2) is 20.6. The van der Waals surface area contributed by atoms with Crippen LogP contribution in [0, 0.1) is 41.3 Å². The number of allylic oxidation sites excluding steroid dienone is 2. The molecule has 3 aliphatic heterocycles. The van der Waals surface area contributed by atoms with Crippen molar-refractivity contribution in [2.75, 3.05) is 35.4 Å². The Morgan fingerprint density at radius 1 is 0.877 bits per heavy atom. The summed E-state index contributed by atoms with van der Waals surface area (Å²) < 4.78 is 83.9. The summed E-state index contributed by atoms with van der Waals surface area (Å²) in [5, 5.41) is 8.96. The highest BCUT2D eigenvalue weighted by Crippen LogP contribution is 2.61. The van der Waals surface area contributed by atoms with Gasteiger partial charge >= 0.3 is 5.97 Å². The molecule has 3 saturated heterocycles. The van der Waals surface area contributed by atoms with Gasteiger partial charge in [0, 0.05) is 50.7 Å². The topological polar surface area (TPSA) is 142 Å². The minimum absolute atomic E-state index is 0.0505. The first-order valence-electron chi connectivity index (χ1n) is 23.9. The second-order valence-electron chi connectivity index (χ2n) is 19.6. The number of carbonyl (C=O) groups is 2. The van der Waals surface area contributed by atoms with Crippen LogP contribution >= 0.6 is 0 Å². The van der Waals surface area contributed by atoms with Crippen LogP contribution < -0.4 is 0 Å². The average Bonchev–Trinajstić information content (AvgIpc) is 4.03. The van der Waals surface area contributed by atoms with Gasteiger partial charge in [0.25, 0.3) is 0 Å². The van der Waals surface area contributed by atoms with Crippen molar-refractivity contribution in [3.8, 4) is 11.3 Å². The van der Waals surface area contributed by atoms with E-state index in [0.717, 1.165) is 6.42 Å². The average molecular weight is 913 g/mol. The van der Waals surface area contributed by atoms with E-state index in [9.17, 15) is 9.18 Å². The molecular formula is C49H70F2N4O10. The zero-order valence-electron chi connectivity index (χ0n) is 39.4. The molecule has 1 aromatic heterocycles. The number of fused-ring (bicyclic) bond motifs is 5. The van der Waals surface area contributed by atoms with E-state index < -0.39 is 78.9 Å². The molecule has 0 bridgehead atoms. The van der Waals surface area contributed by atoms with Crippen LogP contribution in [0.1, 0.15) is 91.5 Å². The summed E-state index contributed by atoms with van der Waals surface area (Å²) in [6, 6.07) is 5.38. The quantitative estimate of drug-likeness (QED) is 0.216. The number of nitrogens with zero attached hydrogens (tertiary/aromatic N) is 4. The fourth-order valence-corrected chi connectivity index (χ4v) is 12.5. The Balaban J connectivity index is 1.13. The summed E-state index contributed by atoms with van der Waals surface area (Å²) in [7, 11) is 8.91. The number of ether oxygens (including phenoxy) is 8. The molecule has 0 N–H and O–H groups in total. The maximum absolute atomic E-state index is 18.3. The molecule has 14 nitrogen and oxygen atoms in total. The fraction of sp³-hybridized carbons (Fsp3) is 0.755. The maximum Gasteiger partial charge on any atom is 0.306 e. The molecule has 16 heteroatoms.